The number of halogens is 1. The van der Waals surface area contributed by atoms with Gasteiger partial charge in [-0.25, -0.2) is 0 Å². The monoisotopic (exact) mass is 286 g/mol. The second kappa shape index (κ2) is 5.91. The second-order valence-corrected chi connectivity index (χ2v) is 7.22. The fourth-order valence-electron chi connectivity index (χ4n) is 2.85. The fourth-order valence-corrected chi connectivity index (χ4v) is 3.99. The Kier molecular flexibility index (Phi) is 4.70. The molecule has 0 amide bonds. The summed E-state index contributed by atoms with van der Waals surface area (Å²) in [6, 6.07) is 4.25. The number of likely N-dealkylation sites (tertiary alicyclic amines) is 1. The highest BCUT2D eigenvalue weighted by Gasteiger charge is 2.37. The molecule has 4 heteroatoms. The van der Waals surface area contributed by atoms with Crippen LogP contribution in [0.3, 0.4) is 0 Å². The molecule has 0 spiro atoms. The van der Waals surface area contributed by atoms with Crippen LogP contribution in [0.25, 0.3) is 0 Å². The molecular formula is C14H23ClN2S. The molecule has 1 aromatic rings. The van der Waals surface area contributed by atoms with Crippen molar-refractivity contribution in [2.24, 2.45) is 5.73 Å². The topological polar surface area (TPSA) is 29.3 Å². The average Bonchev–Trinajstić information content (AvgIpc) is 2.99. The van der Waals surface area contributed by atoms with Gasteiger partial charge in [0.25, 0.3) is 0 Å². The highest BCUT2D eigenvalue weighted by molar-refractivity contribution is 7.16. The zero-order valence-corrected chi connectivity index (χ0v) is 12.9. The molecule has 2 N–H and O–H groups in total. The molecule has 0 saturated carbocycles. The van der Waals surface area contributed by atoms with Crippen LogP contribution in [0, 0.1) is 0 Å². The van der Waals surface area contributed by atoms with Crippen molar-refractivity contribution < 1.29 is 0 Å². The minimum Gasteiger partial charge on any atom is -0.326 e. The van der Waals surface area contributed by atoms with Crippen molar-refractivity contribution >= 4 is 22.9 Å². The SMILES string of the molecule is CCC(C)(C(N)Cc1ccc(Cl)s1)N1CCCC1. The van der Waals surface area contributed by atoms with Crippen LogP contribution in [0.1, 0.15) is 38.0 Å². The first-order valence-corrected chi connectivity index (χ1v) is 8.00. The zero-order chi connectivity index (χ0) is 13.2. The fraction of sp³-hybridized carbons (Fsp3) is 0.714. The van der Waals surface area contributed by atoms with E-state index >= 15 is 0 Å². The van der Waals surface area contributed by atoms with Crippen molar-refractivity contribution in [1.82, 2.24) is 4.90 Å². The highest BCUT2D eigenvalue weighted by Crippen LogP contribution is 2.30. The first-order valence-electron chi connectivity index (χ1n) is 6.81. The van der Waals surface area contributed by atoms with Gasteiger partial charge in [-0.1, -0.05) is 18.5 Å². The average molecular weight is 287 g/mol. The Morgan fingerprint density at radius 1 is 1.44 bits per heavy atom. The lowest BCUT2D eigenvalue weighted by molar-refractivity contribution is 0.100. The Morgan fingerprint density at radius 3 is 2.61 bits per heavy atom. The molecule has 0 radical (unpaired) electrons. The third kappa shape index (κ3) is 2.90. The summed E-state index contributed by atoms with van der Waals surface area (Å²) in [4.78, 5) is 3.87. The zero-order valence-electron chi connectivity index (χ0n) is 11.3. The minimum absolute atomic E-state index is 0.118. The molecule has 102 valence electrons. The predicted octanol–water partition coefficient (Wildman–Crippen LogP) is 3.54. The normalized spacial score (nSPS) is 22.0. The quantitative estimate of drug-likeness (QED) is 0.897. The molecule has 1 saturated heterocycles. The summed E-state index contributed by atoms with van der Waals surface area (Å²) in [7, 11) is 0. The van der Waals surface area contributed by atoms with Crippen LogP contribution in [-0.4, -0.2) is 29.6 Å². The van der Waals surface area contributed by atoms with Gasteiger partial charge in [0.15, 0.2) is 0 Å². The van der Waals surface area contributed by atoms with Crippen molar-refractivity contribution in [1.29, 1.82) is 0 Å². The summed E-state index contributed by atoms with van der Waals surface area (Å²) in [5.74, 6) is 0. The summed E-state index contributed by atoms with van der Waals surface area (Å²) in [5.41, 5.74) is 6.62. The standard InChI is InChI=1S/C14H23ClN2S/c1-3-14(2,17-8-4-5-9-17)12(16)10-11-6-7-13(15)18-11/h6-7,12H,3-5,8-10,16H2,1-2H3. The first-order chi connectivity index (χ1) is 8.56. The van der Waals surface area contributed by atoms with E-state index < -0.39 is 0 Å². The lowest BCUT2D eigenvalue weighted by Gasteiger charge is -2.43. The first kappa shape index (κ1) is 14.3. The molecule has 2 unspecified atom stereocenters. The molecule has 2 nitrogen and oxygen atoms in total. The van der Waals surface area contributed by atoms with Gasteiger partial charge in [-0.15, -0.1) is 11.3 Å². The van der Waals surface area contributed by atoms with E-state index in [9.17, 15) is 0 Å². The summed E-state index contributed by atoms with van der Waals surface area (Å²) < 4.78 is 0.858. The lowest BCUT2D eigenvalue weighted by Crippen LogP contribution is -2.57. The van der Waals surface area contributed by atoms with Crippen molar-refractivity contribution in [3.05, 3.63) is 21.3 Å². The molecule has 2 heterocycles. The van der Waals surface area contributed by atoms with Crippen LogP contribution in [0.15, 0.2) is 12.1 Å². The van der Waals surface area contributed by atoms with Crippen LogP contribution in [0.5, 0.6) is 0 Å². The van der Waals surface area contributed by atoms with Gasteiger partial charge in [-0.05, 0) is 57.8 Å². The number of rotatable bonds is 5. The maximum absolute atomic E-state index is 6.51. The van der Waals surface area contributed by atoms with E-state index in [1.807, 2.05) is 6.07 Å². The van der Waals surface area contributed by atoms with E-state index in [0.717, 1.165) is 17.2 Å². The lowest BCUT2D eigenvalue weighted by atomic mass is 9.86. The molecule has 0 aliphatic carbocycles. The Balaban J connectivity index is 2.06. The van der Waals surface area contributed by atoms with Crippen molar-refractivity contribution in [2.75, 3.05) is 13.1 Å². The molecular weight excluding hydrogens is 264 g/mol. The van der Waals surface area contributed by atoms with Gasteiger partial charge in [-0.2, -0.15) is 0 Å². The Bertz CT molecular complexity index is 387. The molecule has 18 heavy (non-hydrogen) atoms. The molecule has 1 aliphatic heterocycles. The number of nitrogens with two attached hydrogens (primary N) is 1. The summed E-state index contributed by atoms with van der Waals surface area (Å²) in [6.45, 7) is 6.96. The molecule has 0 aromatic carbocycles. The van der Waals surface area contributed by atoms with E-state index in [4.69, 9.17) is 17.3 Å². The summed E-state index contributed by atoms with van der Waals surface area (Å²) in [6.07, 6.45) is 4.66. The van der Waals surface area contributed by atoms with E-state index in [1.54, 1.807) is 11.3 Å². The number of nitrogens with zero attached hydrogens (tertiary/aromatic N) is 1. The van der Waals surface area contributed by atoms with E-state index in [-0.39, 0.29) is 11.6 Å². The number of thiophene rings is 1. The van der Waals surface area contributed by atoms with Crippen molar-refractivity contribution in [3.8, 4) is 0 Å². The van der Waals surface area contributed by atoms with Crippen LogP contribution >= 0.6 is 22.9 Å². The van der Waals surface area contributed by atoms with Crippen molar-refractivity contribution in [3.63, 3.8) is 0 Å². The summed E-state index contributed by atoms with van der Waals surface area (Å²) in [5, 5.41) is 0. The van der Waals surface area contributed by atoms with Gasteiger partial charge in [0.2, 0.25) is 0 Å². The maximum Gasteiger partial charge on any atom is 0.0931 e. The van der Waals surface area contributed by atoms with E-state index in [1.165, 1.54) is 30.8 Å². The Hall–Kier alpha value is -0.0900. The summed E-state index contributed by atoms with van der Waals surface area (Å²) >= 11 is 7.64. The maximum atomic E-state index is 6.51. The van der Waals surface area contributed by atoms with Gasteiger partial charge < -0.3 is 5.73 Å². The predicted molar refractivity (Wildman–Crippen MR) is 80.5 cm³/mol. The van der Waals surface area contributed by atoms with Gasteiger partial charge >= 0.3 is 0 Å². The highest BCUT2D eigenvalue weighted by atomic mass is 35.5. The Morgan fingerprint density at radius 2 is 2.11 bits per heavy atom. The van der Waals surface area contributed by atoms with Gasteiger partial charge in [0.05, 0.1) is 4.34 Å². The van der Waals surface area contributed by atoms with Crippen LogP contribution in [0.2, 0.25) is 4.34 Å². The van der Waals surface area contributed by atoms with Crippen LogP contribution in [-0.2, 0) is 6.42 Å². The number of hydrogen-bond acceptors (Lipinski definition) is 3. The van der Waals surface area contributed by atoms with Crippen LogP contribution in [0.4, 0.5) is 0 Å². The number of hydrogen-bond donors (Lipinski definition) is 1. The van der Waals surface area contributed by atoms with Gasteiger partial charge in [0.1, 0.15) is 0 Å². The Labute approximate surface area is 119 Å². The van der Waals surface area contributed by atoms with E-state index in [2.05, 4.69) is 24.8 Å². The molecule has 0 bridgehead atoms. The second-order valence-electron chi connectivity index (χ2n) is 5.42. The smallest absolute Gasteiger partial charge is 0.0931 e. The minimum atomic E-state index is 0.118. The molecule has 2 rings (SSSR count). The van der Waals surface area contributed by atoms with Gasteiger partial charge in [-0.3, -0.25) is 4.90 Å². The largest absolute Gasteiger partial charge is 0.326 e. The van der Waals surface area contributed by atoms with Crippen LogP contribution < -0.4 is 5.73 Å². The third-order valence-corrected chi connectivity index (χ3v) is 5.65. The molecule has 1 aliphatic rings. The molecule has 1 aromatic heterocycles. The van der Waals surface area contributed by atoms with Crippen molar-refractivity contribution in [2.45, 2.75) is 51.1 Å². The molecule has 2 atom stereocenters. The molecule has 1 fully saturated rings. The van der Waals surface area contributed by atoms with Gasteiger partial charge in [0, 0.05) is 16.5 Å². The van der Waals surface area contributed by atoms with E-state index in [0.29, 0.717) is 0 Å². The third-order valence-electron chi connectivity index (χ3n) is 4.39.